The third-order valence-electron chi connectivity index (χ3n) is 2.85. The van der Waals surface area contributed by atoms with Crippen LogP contribution < -0.4 is 0 Å². The SMILES string of the molecule is CC(C)CCCCCC(=O)c1cccc(S)c1. The summed E-state index contributed by atoms with van der Waals surface area (Å²) in [5.74, 6) is 1.01. The molecule has 1 rings (SSSR count). The van der Waals surface area contributed by atoms with Gasteiger partial charge in [-0.1, -0.05) is 45.2 Å². The number of benzene rings is 1. The second-order valence-electron chi connectivity index (χ2n) is 4.97. The summed E-state index contributed by atoms with van der Waals surface area (Å²) in [5, 5.41) is 0. The van der Waals surface area contributed by atoms with Crippen LogP contribution in [-0.2, 0) is 0 Å². The van der Waals surface area contributed by atoms with Gasteiger partial charge in [-0.3, -0.25) is 4.79 Å². The fourth-order valence-electron chi connectivity index (χ4n) is 1.84. The topological polar surface area (TPSA) is 17.1 Å². The highest BCUT2D eigenvalue weighted by molar-refractivity contribution is 7.80. The molecule has 1 aromatic rings. The summed E-state index contributed by atoms with van der Waals surface area (Å²) in [6.45, 7) is 4.48. The van der Waals surface area contributed by atoms with E-state index in [1.54, 1.807) is 0 Å². The van der Waals surface area contributed by atoms with E-state index < -0.39 is 0 Å². The second kappa shape index (κ2) is 7.54. The molecule has 0 N–H and O–H groups in total. The maximum absolute atomic E-state index is 11.9. The normalized spacial score (nSPS) is 10.8. The Hall–Kier alpha value is -0.760. The molecule has 0 spiro atoms. The first-order chi connectivity index (χ1) is 8.09. The molecule has 17 heavy (non-hydrogen) atoms. The highest BCUT2D eigenvalue weighted by atomic mass is 32.1. The van der Waals surface area contributed by atoms with Gasteiger partial charge in [0.2, 0.25) is 0 Å². The lowest BCUT2D eigenvalue weighted by Gasteiger charge is -2.04. The van der Waals surface area contributed by atoms with Gasteiger partial charge in [0.15, 0.2) is 5.78 Å². The molecule has 1 nitrogen and oxygen atoms in total. The van der Waals surface area contributed by atoms with Crippen LogP contribution >= 0.6 is 12.6 Å². The predicted molar refractivity (Wildman–Crippen MR) is 75.9 cm³/mol. The summed E-state index contributed by atoms with van der Waals surface area (Å²) in [6, 6.07) is 7.49. The molecule has 0 aromatic heterocycles. The van der Waals surface area contributed by atoms with Gasteiger partial charge in [-0.25, -0.2) is 0 Å². The van der Waals surface area contributed by atoms with E-state index in [2.05, 4.69) is 26.5 Å². The second-order valence-corrected chi connectivity index (χ2v) is 5.48. The van der Waals surface area contributed by atoms with Crippen LogP contribution in [0.15, 0.2) is 29.2 Å². The molecule has 2 heteroatoms. The number of hydrogen-bond acceptors (Lipinski definition) is 2. The number of hydrogen-bond donors (Lipinski definition) is 1. The molecular formula is C15H22OS. The number of carbonyl (C=O) groups is 1. The van der Waals surface area contributed by atoms with Crippen molar-refractivity contribution >= 4 is 18.4 Å². The number of thiol groups is 1. The van der Waals surface area contributed by atoms with Crippen LogP contribution in [0, 0.1) is 5.92 Å². The molecule has 0 heterocycles. The van der Waals surface area contributed by atoms with Gasteiger partial charge in [-0.15, -0.1) is 12.6 Å². The first kappa shape index (κ1) is 14.3. The summed E-state index contributed by atoms with van der Waals surface area (Å²) in [4.78, 5) is 12.7. The van der Waals surface area contributed by atoms with Crippen molar-refractivity contribution in [2.24, 2.45) is 5.92 Å². The molecule has 0 atom stereocenters. The summed E-state index contributed by atoms with van der Waals surface area (Å²) in [7, 11) is 0. The Morgan fingerprint density at radius 1 is 1.24 bits per heavy atom. The summed E-state index contributed by atoms with van der Waals surface area (Å²) in [6.07, 6.45) is 5.32. The van der Waals surface area contributed by atoms with Gasteiger partial charge in [0.25, 0.3) is 0 Å². The number of ketones is 1. The Morgan fingerprint density at radius 2 is 2.00 bits per heavy atom. The third-order valence-corrected chi connectivity index (χ3v) is 3.13. The van der Waals surface area contributed by atoms with Gasteiger partial charge >= 0.3 is 0 Å². The number of Topliss-reactive ketones (excluding diaryl/α,β-unsaturated/α-hetero) is 1. The average molecular weight is 250 g/mol. The quantitative estimate of drug-likeness (QED) is 0.419. The van der Waals surface area contributed by atoms with Gasteiger partial charge in [0.1, 0.15) is 0 Å². The van der Waals surface area contributed by atoms with Crippen molar-refractivity contribution in [2.75, 3.05) is 0 Å². The van der Waals surface area contributed by atoms with E-state index in [9.17, 15) is 4.79 Å². The van der Waals surface area contributed by atoms with Crippen molar-refractivity contribution in [3.63, 3.8) is 0 Å². The van der Waals surface area contributed by atoms with Crippen molar-refractivity contribution < 1.29 is 4.79 Å². The molecule has 0 unspecified atom stereocenters. The van der Waals surface area contributed by atoms with Gasteiger partial charge in [0.05, 0.1) is 0 Å². The Bertz CT molecular complexity index is 358. The van der Waals surface area contributed by atoms with E-state index >= 15 is 0 Å². The van der Waals surface area contributed by atoms with Crippen LogP contribution in [0.1, 0.15) is 56.3 Å². The highest BCUT2D eigenvalue weighted by Gasteiger charge is 2.05. The van der Waals surface area contributed by atoms with E-state index in [-0.39, 0.29) is 5.78 Å². The smallest absolute Gasteiger partial charge is 0.162 e. The molecule has 0 amide bonds. The van der Waals surface area contributed by atoms with Crippen molar-refractivity contribution in [2.45, 2.75) is 50.8 Å². The highest BCUT2D eigenvalue weighted by Crippen LogP contribution is 2.14. The Kier molecular flexibility index (Phi) is 6.35. The fraction of sp³-hybridized carbons (Fsp3) is 0.533. The summed E-state index contributed by atoms with van der Waals surface area (Å²) >= 11 is 4.24. The molecule has 0 saturated carbocycles. The molecule has 1 aromatic carbocycles. The summed E-state index contributed by atoms with van der Waals surface area (Å²) < 4.78 is 0. The zero-order valence-electron chi connectivity index (χ0n) is 10.8. The number of unbranched alkanes of at least 4 members (excludes halogenated alkanes) is 2. The molecule has 0 bridgehead atoms. The fourth-order valence-corrected chi connectivity index (χ4v) is 2.06. The van der Waals surface area contributed by atoms with E-state index in [0.29, 0.717) is 6.42 Å². The van der Waals surface area contributed by atoms with Crippen molar-refractivity contribution in [1.29, 1.82) is 0 Å². The lowest BCUT2D eigenvalue weighted by molar-refractivity contribution is 0.0979. The monoisotopic (exact) mass is 250 g/mol. The van der Waals surface area contributed by atoms with Gasteiger partial charge < -0.3 is 0 Å². The van der Waals surface area contributed by atoms with Crippen LogP contribution in [0.3, 0.4) is 0 Å². The van der Waals surface area contributed by atoms with Crippen LogP contribution in [0.4, 0.5) is 0 Å². The van der Waals surface area contributed by atoms with Gasteiger partial charge in [-0.05, 0) is 24.5 Å². The minimum absolute atomic E-state index is 0.241. The summed E-state index contributed by atoms with van der Waals surface area (Å²) in [5.41, 5.74) is 0.793. The van der Waals surface area contributed by atoms with Crippen LogP contribution in [0.2, 0.25) is 0 Å². The zero-order chi connectivity index (χ0) is 12.7. The van der Waals surface area contributed by atoms with Crippen molar-refractivity contribution in [1.82, 2.24) is 0 Å². The van der Waals surface area contributed by atoms with Gasteiger partial charge in [0, 0.05) is 16.9 Å². The standard InChI is InChI=1S/C15H22OS/c1-12(2)7-4-3-5-10-15(16)13-8-6-9-14(17)11-13/h6,8-9,11-12,17H,3-5,7,10H2,1-2H3. The van der Waals surface area contributed by atoms with E-state index in [0.717, 1.165) is 29.2 Å². The molecule has 94 valence electrons. The zero-order valence-corrected chi connectivity index (χ0v) is 11.7. The maximum atomic E-state index is 11.9. The van der Waals surface area contributed by atoms with E-state index in [1.165, 1.54) is 12.8 Å². The van der Waals surface area contributed by atoms with Crippen molar-refractivity contribution in [3.8, 4) is 0 Å². The average Bonchev–Trinajstić information content (AvgIpc) is 2.28. The predicted octanol–water partition coefficient (Wildman–Crippen LogP) is 4.76. The molecule has 0 aliphatic heterocycles. The Morgan fingerprint density at radius 3 is 2.65 bits per heavy atom. The minimum atomic E-state index is 0.241. The first-order valence-corrected chi connectivity index (χ1v) is 6.86. The molecule has 0 radical (unpaired) electrons. The molecule has 0 aliphatic carbocycles. The van der Waals surface area contributed by atoms with Crippen LogP contribution in [-0.4, -0.2) is 5.78 Å². The number of carbonyl (C=O) groups excluding carboxylic acids is 1. The van der Waals surface area contributed by atoms with Crippen LogP contribution in [0.5, 0.6) is 0 Å². The maximum Gasteiger partial charge on any atom is 0.162 e. The minimum Gasteiger partial charge on any atom is -0.294 e. The molecular weight excluding hydrogens is 228 g/mol. The third kappa shape index (κ3) is 5.92. The van der Waals surface area contributed by atoms with Crippen LogP contribution in [0.25, 0.3) is 0 Å². The largest absolute Gasteiger partial charge is 0.294 e. The molecule has 0 fully saturated rings. The van der Waals surface area contributed by atoms with E-state index in [1.807, 2.05) is 24.3 Å². The number of rotatable bonds is 7. The molecule has 0 saturated heterocycles. The van der Waals surface area contributed by atoms with E-state index in [4.69, 9.17) is 0 Å². The lowest BCUT2D eigenvalue weighted by atomic mass is 10.0. The Labute approximate surface area is 110 Å². The molecule has 0 aliphatic rings. The lowest BCUT2D eigenvalue weighted by Crippen LogP contribution is -1.99. The van der Waals surface area contributed by atoms with Gasteiger partial charge in [-0.2, -0.15) is 0 Å². The first-order valence-electron chi connectivity index (χ1n) is 6.42. The van der Waals surface area contributed by atoms with Crippen molar-refractivity contribution in [3.05, 3.63) is 29.8 Å². The Balaban J connectivity index is 2.26.